The molecule has 0 aliphatic heterocycles. The molecule has 14 heavy (non-hydrogen) atoms. The van der Waals surface area contributed by atoms with Crippen molar-refractivity contribution in [3.63, 3.8) is 0 Å². The van der Waals surface area contributed by atoms with Crippen LogP contribution in [0.25, 0.3) is 0 Å². The molecule has 0 aliphatic rings. The van der Waals surface area contributed by atoms with E-state index in [2.05, 4.69) is 0 Å². The van der Waals surface area contributed by atoms with Crippen molar-refractivity contribution in [2.24, 2.45) is 0 Å². The minimum Gasteiger partial charge on any atom is -0.490 e. The van der Waals surface area contributed by atoms with Crippen LogP contribution in [0.3, 0.4) is 0 Å². The van der Waals surface area contributed by atoms with E-state index in [-0.39, 0.29) is 5.69 Å². The summed E-state index contributed by atoms with van der Waals surface area (Å²) in [4.78, 5) is 9.96. The fourth-order valence-electron chi connectivity index (χ4n) is 0.936. The van der Waals surface area contributed by atoms with Crippen LogP contribution in [0.5, 0.6) is 5.75 Å². The van der Waals surface area contributed by atoms with Gasteiger partial charge >= 0.3 is 5.69 Å². The maximum Gasteiger partial charge on any atom is 0.310 e. The van der Waals surface area contributed by atoms with Crippen molar-refractivity contribution < 1.29 is 9.66 Å². The summed E-state index contributed by atoms with van der Waals surface area (Å²) in [5.74, 6) is 0.306. The Labute approximate surface area is 83.7 Å². The third kappa shape index (κ3) is 3.05. The predicted molar refractivity (Wildman–Crippen MR) is 55.7 cm³/mol. The summed E-state index contributed by atoms with van der Waals surface area (Å²) < 4.78 is 4.85. The topological polar surface area (TPSA) is 52.4 Å². The van der Waals surface area contributed by atoms with Gasteiger partial charge in [-0.25, -0.2) is 0 Å². The summed E-state index contributed by atoms with van der Waals surface area (Å²) in [7, 11) is 1.42. The molecule has 0 amide bonds. The van der Waals surface area contributed by atoms with Gasteiger partial charge in [0.15, 0.2) is 5.75 Å². The highest BCUT2D eigenvalue weighted by Gasteiger charge is 2.12. The number of hydrogen-bond acceptors (Lipinski definition) is 3. The molecule has 0 aromatic heterocycles. The lowest BCUT2D eigenvalue weighted by molar-refractivity contribution is -0.385. The second kappa shape index (κ2) is 5.96. The molecule has 0 aliphatic carbocycles. The van der Waals surface area contributed by atoms with Crippen LogP contribution < -0.4 is 4.74 Å². The molecule has 1 aromatic carbocycles. The van der Waals surface area contributed by atoms with E-state index in [1.54, 1.807) is 12.1 Å². The van der Waals surface area contributed by atoms with Crippen LogP contribution in [0, 0.1) is 17.0 Å². The number of ether oxygens (including phenoxy) is 1. The van der Waals surface area contributed by atoms with Crippen LogP contribution in [0.1, 0.15) is 19.4 Å². The minimum atomic E-state index is -0.460. The number of benzene rings is 1. The molecule has 4 nitrogen and oxygen atoms in total. The van der Waals surface area contributed by atoms with Gasteiger partial charge in [-0.1, -0.05) is 19.9 Å². The van der Waals surface area contributed by atoms with Gasteiger partial charge in [0, 0.05) is 6.07 Å². The third-order valence-corrected chi connectivity index (χ3v) is 1.53. The van der Waals surface area contributed by atoms with Gasteiger partial charge in [0.2, 0.25) is 0 Å². The van der Waals surface area contributed by atoms with Gasteiger partial charge < -0.3 is 4.74 Å². The lowest BCUT2D eigenvalue weighted by atomic mass is 10.2. The number of rotatable bonds is 2. The SMILES string of the molecule is CC.COc1cc(C)ccc1[N+](=O)[O-]. The van der Waals surface area contributed by atoms with Crippen molar-refractivity contribution in [2.75, 3.05) is 7.11 Å². The molecule has 1 aromatic rings. The molecular formula is C10H15NO3. The molecule has 0 radical (unpaired) electrons. The second-order valence-electron chi connectivity index (χ2n) is 2.43. The van der Waals surface area contributed by atoms with E-state index in [0.29, 0.717) is 5.75 Å². The van der Waals surface area contributed by atoms with Crippen molar-refractivity contribution in [1.82, 2.24) is 0 Å². The molecule has 1 rings (SSSR count). The van der Waals surface area contributed by atoms with Crippen molar-refractivity contribution >= 4 is 5.69 Å². The highest BCUT2D eigenvalue weighted by atomic mass is 16.6. The van der Waals surface area contributed by atoms with Gasteiger partial charge in [0.1, 0.15) is 0 Å². The lowest BCUT2D eigenvalue weighted by Crippen LogP contribution is -1.93. The lowest BCUT2D eigenvalue weighted by Gasteiger charge is -2.01. The average molecular weight is 197 g/mol. The first kappa shape index (κ1) is 12.4. The van der Waals surface area contributed by atoms with E-state index in [4.69, 9.17) is 4.74 Å². The van der Waals surface area contributed by atoms with E-state index in [9.17, 15) is 10.1 Å². The summed E-state index contributed by atoms with van der Waals surface area (Å²) in [6.45, 7) is 5.85. The van der Waals surface area contributed by atoms with Gasteiger partial charge in [-0.15, -0.1) is 0 Å². The molecule has 0 atom stereocenters. The quantitative estimate of drug-likeness (QED) is 0.541. The first-order chi connectivity index (χ1) is 6.65. The Morgan fingerprint density at radius 2 is 1.93 bits per heavy atom. The fourth-order valence-corrected chi connectivity index (χ4v) is 0.936. The highest BCUT2D eigenvalue weighted by molar-refractivity contribution is 5.47. The van der Waals surface area contributed by atoms with Crippen molar-refractivity contribution in [1.29, 1.82) is 0 Å². The van der Waals surface area contributed by atoms with Crippen LogP contribution >= 0.6 is 0 Å². The normalized spacial score (nSPS) is 8.57. The molecule has 0 unspecified atom stereocenters. The van der Waals surface area contributed by atoms with Crippen molar-refractivity contribution in [3.05, 3.63) is 33.9 Å². The highest BCUT2D eigenvalue weighted by Crippen LogP contribution is 2.26. The Morgan fingerprint density at radius 3 is 2.36 bits per heavy atom. The standard InChI is InChI=1S/C8H9NO3.C2H6/c1-6-3-4-7(9(10)11)8(5-6)12-2;1-2/h3-5H,1-2H3;1-2H3. The van der Waals surface area contributed by atoms with E-state index in [0.717, 1.165) is 5.56 Å². The fraction of sp³-hybridized carbons (Fsp3) is 0.400. The van der Waals surface area contributed by atoms with Gasteiger partial charge in [0.05, 0.1) is 12.0 Å². The number of nitro benzene ring substituents is 1. The Morgan fingerprint density at radius 1 is 1.36 bits per heavy atom. The first-order valence-corrected chi connectivity index (χ1v) is 4.44. The summed E-state index contributed by atoms with van der Waals surface area (Å²) in [5, 5.41) is 10.4. The number of aryl methyl sites for hydroxylation is 1. The van der Waals surface area contributed by atoms with Crippen LogP contribution in [0.15, 0.2) is 18.2 Å². The van der Waals surface area contributed by atoms with Crippen LogP contribution in [-0.2, 0) is 0 Å². The first-order valence-electron chi connectivity index (χ1n) is 4.44. The number of nitrogens with zero attached hydrogens (tertiary/aromatic N) is 1. The van der Waals surface area contributed by atoms with E-state index in [1.807, 2.05) is 20.8 Å². The van der Waals surface area contributed by atoms with E-state index < -0.39 is 4.92 Å². The third-order valence-electron chi connectivity index (χ3n) is 1.53. The molecule has 0 fully saturated rings. The van der Waals surface area contributed by atoms with Crippen LogP contribution in [0.4, 0.5) is 5.69 Å². The van der Waals surface area contributed by atoms with Crippen LogP contribution in [-0.4, -0.2) is 12.0 Å². The molecule has 78 valence electrons. The minimum absolute atomic E-state index is 0.00287. The summed E-state index contributed by atoms with van der Waals surface area (Å²) in [5.41, 5.74) is 0.945. The zero-order valence-electron chi connectivity index (χ0n) is 8.90. The van der Waals surface area contributed by atoms with Crippen molar-refractivity contribution in [2.45, 2.75) is 20.8 Å². The Hall–Kier alpha value is -1.58. The monoisotopic (exact) mass is 197 g/mol. The molecular weight excluding hydrogens is 182 g/mol. The average Bonchev–Trinajstić information content (AvgIpc) is 2.20. The van der Waals surface area contributed by atoms with Crippen molar-refractivity contribution in [3.8, 4) is 5.75 Å². The van der Waals surface area contributed by atoms with Gasteiger partial charge in [0.25, 0.3) is 0 Å². The molecule has 0 spiro atoms. The Bertz CT molecular complexity index is 310. The second-order valence-corrected chi connectivity index (χ2v) is 2.43. The smallest absolute Gasteiger partial charge is 0.310 e. The predicted octanol–water partition coefficient (Wildman–Crippen LogP) is 2.94. The Kier molecular flexibility index (Phi) is 5.29. The molecule has 0 bridgehead atoms. The molecule has 0 saturated heterocycles. The summed E-state index contributed by atoms with van der Waals surface area (Å²) in [6.07, 6.45) is 0. The largest absolute Gasteiger partial charge is 0.490 e. The maximum absolute atomic E-state index is 10.4. The van der Waals surface area contributed by atoms with E-state index >= 15 is 0 Å². The molecule has 0 saturated carbocycles. The molecule has 0 heterocycles. The number of hydrogen-bond donors (Lipinski definition) is 0. The number of nitro groups is 1. The van der Waals surface area contributed by atoms with Gasteiger partial charge in [-0.2, -0.15) is 0 Å². The summed E-state index contributed by atoms with van der Waals surface area (Å²) in [6, 6.07) is 4.76. The van der Waals surface area contributed by atoms with Gasteiger partial charge in [-0.3, -0.25) is 10.1 Å². The van der Waals surface area contributed by atoms with Crippen LogP contribution in [0.2, 0.25) is 0 Å². The van der Waals surface area contributed by atoms with Gasteiger partial charge in [-0.05, 0) is 18.6 Å². The zero-order chi connectivity index (χ0) is 11.1. The Balaban J connectivity index is 0.000000791. The number of methoxy groups -OCH3 is 1. The molecule has 0 N–H and O–H groups in total. The summed E-state index contributed by atoms with van der Waals surface area (Å²) >= 11 is 0. The maximum atomic E-state index is 10.4. The van der Waals surface area contributed by atoms with E-state index in [1.165, 1.54) is 13.2 Å². The molecule has 4 heteroatoms. The zero-order valence-corrected chi connectivity index (χ0v) is 8.90.